The number of carbonyl (C=O) groups is 2. The van der Waals surface area contributed by atoms with Crippen molar-refractivity contribution >= 4 is 33.8 Å². The van der Waals surface area contributed by atoms with Gasteiger partial charge in [-0.15, -0.1) is 11.8 Å². The number of amides is 2. The molecule has 2 aromatic carbocycles. The molecule has 3 aromatic rings. The van der Waals surface area contributed by atoms with Crippen molar-refractivity contribution in [2.75, 3.05) is 19.3 Å². The Hall–Kier alpha value is -3.31. The summed E-state index contributed by atoms with van der Waals surface area (Å²) in [6.07, 6.45) is 5.27. The maximum Gasteiger partial charge on any atom is 0.355 e. The van der Waals surface area contributed by atoms with Crippen LogP contribution in [0.2, 0.25) is 0 Å². The number of carboxylic acid groups (broad SMARTS) is 1. The monoisotopic (exact) mass is 544 g/mol. The molecule has 2 amide bonds. The number of imidazole rings is 1. The predicted molar refractivity (Wildman–Crippen MR) is 144 cm³/mol. The Labute approximate surface area is 222 Å². The van der Waals surface area contributed by atoms with Crippen LogP contribution in [0.1, 0.15) is 49.2 Å². The Morgan fingerprint density at radius 3 is 2.41 bits per heavy atom. The van der Waals surface area contributed by atoms with E-state index in [1.807, 2.05) is 26.0 Å². The highest BCUT2D eigenvalue weighted by Crippen LogP contribution is 2.30. The topological polar surface area (TPSA) is 122 Å². The number of thioether (sulfide) groups is 1. The quantitative estimate of drug-likeness (QED) is 0.310. The number of aromatic nitrogens is 2. The number of sulfonamides is 1. The first-order valence-electron chi connectivity index (χ1n) is 12.1. The van der Waals surface area contributed by atoms with Crippen LogP contribution in [0.4, 0.5) is 4.79 Å². The van der Waals surface area contributed by atoms with Gasteiger partial charge in [0.2, 0.25) is 0 Å². The second-order valence-electron chi connectivity index (χ2n) is 8.39. The van der Waals surface area contributed by atoms with E-state index in [9.17, 15) is 23.1 Å². The Kier molecular flexibility index (Phi) is 9.76. The first kappa shape index (κ1) is 28.3. The van der Waals surface area contributed by atoms with Gasteiger partial charge in [0, 0.05) is 25.2 Å². The normalized spacial score (nSPS) is 11.3. The molecule has 3 rings (SSSR count). The number of unbranched alkanes of at least 4 members (excludes halogenated alkanes) is 1. The van der Waals surface area contributed by atoms with Crippen molar-refractivity contribution < 1.29 is 23.1 Å². The minimum atomic E-state index is -4.11. The van der Waals surface area contributed by atoms with Gasteiger partial charge in [-0.1, -0.05) is 62.7 Å². The van der Waals surface area contributed by atoms with E-state index in [4.69, 9.17) is 0 Å². The molecule has 1 aromatic heterocycles. The molecule has 0 radical (unpaired) electrons. The van der Waals surface area contributed by atoms with Crippen molar-refractivity contribution in [1.82, 2.24) is 19.2 Å². The average Bonchev–Trinajstić information content (AvgIpc) is 3.31. The zero-order chi connectivity index (χ0) is 27.0. The summed E-state index contributed by atoms with van der Waals surface area (Å²) in [7, 11) is -4.11. The summed E-state index contributed by atoms with van der Waals surface area (Å²) in [5.74, 6) is -1.05. The molecule has 198 valence electrons. The van der Waals surface area contributed by atoms with E-state index in [0.29, 0.717) is 42.1 Å². The van der Waals surface area contributed by atoms with Crippen molar-refractivity contribution in [3.05, 3.63) is 66.1 Å². The van der Waals surface area contributed by atoms with E-state index in [0.717, 1.165) is 16.3 Å². The number of nitrogens with zero attached hydrogens (tertiary/aromatic N) is 3. The molecular weight excluding hydrogens is 512 g/mol. The molecular formula is C26H32N4O5S2. The van der Waals surface area contributed by atoms with Gasteiger partial charge in [0.25, 0.3) is 10.0 Å². The van der Waals surface area contributed by atoms with Gasteiger partial charge in [0.05, 0.1) is 11.2 Å². The summed E-state index contributed by atoms with van der Waals surface area (Å²) in [6.45, 7) is 4.63. The molecule has 0 aliphatic heterocycles. The molecule has 0 fully saturated rings. The van der Waals surface area contributed by atoms with Crippen molar-refractivity contribution in [3.8, 4) is 11.1 Å². The molecule has 0 bridgehead atoms. The van der Waals surface area contributed by atoms with E-state index in [2.05, 4.69) is 10.3 Å². The number of hydrogen-bond donors (Lipinski definition) is 2. The molecule has 1 heterocycles. The highest BCUT2D eigenvalue weighted by atomic mass is 32.2. The predicted octanol–water partition coefficient (Wildman–Crippen LogP) is 4.93. The molecule has 9 nitrogen and oxygen atoms in total. The molecule has 11 heteroatoms. The lowest BCUT2D eigenvalue weighted by Crippen LogP contribution is -2.44. The van der Waals surface area contributed by atoms with E-state index >= 15 is 0 Å². The van der Waals surface area contributed by atoms with Crippen LogP contribution in [0.15, 0.2) is 64.8 Å². The minimum absolute atomic E-state index is 0.0536. The Morgan fingerprint density at radius 2 is 1.78 bits per heavy atom. The number of nitrogens with one attached hydrogen (secondary N) is 1. The molecule has 0 aliphatic rings. The molecule has 0 aliphatic carbocycles. The summed E-state index contributed by atoms with van der Waals surface area (Å²) >= 11 is 1.27. The van der Waals surface area contributed by atoms with Crippen LogP contribution in [0.5, 0.6) is 0 Å². The van der Waals surface area contributed by atoms with Crippen molar-refractivity contribution in [2.24, 2.45) is 0 Å². The SMILES string of the molecule is CCCCN(C(=O)NCCC)S(=O)(=O)c1ccccc1-c1ccc(Cn2cnc(SC)c2C(=O)O)cc1. The maximum absolute atomic E-state index is 13.7. The van der Waals surface area contributed by atoms with Crippen LogP contribution in [0.25, 0.3) is 11.1 Å². The lowest BCUT2D eigenvalue weighted by Gasteiger charge is -2.24. The molecule has 0 saturated heterocycles. The summed E-state index contributed by atoms with van der Waals surface area (Å²) in [5, 5.41) is 12.7. The molecule has 0 spiro atoms. The fourth-order valence-electron chi connectivity index (χ4n) is 3.84. The summed E-state index contributed by atoms with van der Waals surface area (Å²) < 4.78 is 29.8. The number of hydrogen-bond acceptors (Lipinski definition) is 6. The summed E-state index contributed by atoms with van der Waals surface area (Å²) in [5.41, 5.74) is 2.11. The van der Waals surface area contributed by atoms with Crippen molar-refractivity contribution in [3.63, 3.8) is 0 Å². The fraction of sp³-hybridized carbons (Fsp3) is 0.346. The first-order valence-corrected chi connectivity index (χ1v) is 14.7. The van der Waals surface area contributed by atoms with Crippen LogP contribution in [0, 0.1) is 0 Å². The third-order valence-corrected chi connectivity index (χ3v) is 8.27. The third kappa shape index (κ3) is 6.53. The van der Waals surface area contributed by atoms with E-state index in [1.54, 1.807) is 41.2 Å². The van der Waals surface area contributed by atoms with Gasteiger partial charge < -0.3 is 15.0 Å². The number of rotatable bonds is 12. The van der Waals surface area contributed by atoms with Gasteiger partial charge in [0.1, 0.15) is 5.03 Å². The van der Waals surface area contributed by atoms with E-state index in [-0.39, 0.29) is 17.1 Å². The zero-order valence-electron chi connectivity index (χ0n) is 21.2. The lowest BCUT2D eigenvalue weighted by molar-refractivity contribution is 0.0681. The second-order valence-corrected chi connectivity index (χ2v) is 11.0. The minimum Gasteiger partial charge on any atom is -0.476 e. The first-order chi connectivity index (χ1) is 17.7. The Morgan fingerprint density at radius 1 is 1.08 bits per heavy atom. The number of urea groups is 1. The Bertz CT molecular complexity index is 1340. The highest BCUT2D eigenvalue weighted by molar-refractivity contribution is 7.98. The number of carboxylic acids is 1. The van der Waals surface area contributed by atoms with Gasteiger partial charge in [-0.25, -0.2) is 27.3 Å². The van der Waals surface area contributed by atoms with Crippen LogP contribution in [-0.2, 0) is 16.6 Å². The van der Waals surface area contributed by atoms with Gasteiger partial charge in [-0.2, -0.15) is 0 Å². The highest BCUT2D eigenvalue weighted by Gasteiger charge is 2.31. The maximum atomic E-state index is 13.7. The molecule has 0 saturated carbocycles. The average molecular weight is 545 g/mol. The van der Waals surface area contributed by atoms with Gasteiger partial charge in [-0.3, -0.25) is 0 Å². The van der Waals surface area contributed by atoms with E-state index in [1.165, 1.54) is 24.2 Å². The van der Waals surface area contributed by atoms with Crippen LogP contribution >= 0.6 is 11.8 Å². The van der Waals surface area contributed by atoms with Crippen LogP contribution in [-0.4, -0.2) is 58.7 Å². The summed E-state index contributed by atoms with van der Waals surface area (Å²) in [6, 6.07) is 13.2. The third-order valence-electron chi connectivity index (χ3n) is 5.74. The summed E-state index contributed by atoms with van der Waals surface area (Å²) in [4.78, 5) is 28.7. The van der Waals surface area contributed by atoms with Crippen molar-refractivity contribution in [1.29, 1.82) is 0 Å². The van der Waals surface area contributed by atoms with E-state index < -0.39 is 22.0 Å². The second kappa shape index (κ2) is 12.8. The standard InChI is InChI=1S/C26H32N4O5S2/c1-4-6-16-30(26(33)27-15-5-2)37(34,35)22-10-8-7-9-21(22)20-13-11-19(12-14-20)17-29-18-28-24(36-3)23(29)25(31)32/h7-14,18H,4-6,15-17H2,1-3H3,(H,27,33)(H,31,32). The molecule has 2 N–H and O–H groups in total. The van der Waals surface area contributed by atoms with Gasteiger partial charge >= 0.3 is 12.0 Å². The Balaban J connectivity index is 1.94. The lowest BCUT2D eigenvalue weighted by atomic mass is 10.0. The zero-order valence-corrected chi connectivity index (χ0v) is 22.8. The van der Waals surface area contributed by atoms with Crippen LogP contribution < -0.4 is 5.32 Å². The van der Waals surface area contributed by atoms with Crippen LogP contribution in [0.3, 0.4) is 0 Å². The number of aromatic carboxylic acids is 1. The fourth-order valence-corrected chi connectivity index (χ4v) is 5.99. The molecule has 0 atom stereocenters. The molecule has 37 heavy (non-hydrogen) atoms. The molecule has 0 unspecified atom stereocenters. The smallest absolute Gasteiger partial charge is 0.355 e. The van der Waals surface area contributed by atoms with Gasteiger partial charge in [-0.05, 0) is 36.3 Å². The largest absolute Gasteiger partial charge is 0.476 e. The number of benzene rings is 2. The van der Waals surface area contributed by atoms with Crippen molar-refractivity contribution in [2.45, 2.75) is 49.6 Å². The van der Waals surface area contributed by atoms with Gasteiger partial charge in [0.15, 0.2) is 5.69 Å². The number of carbonyl (C=O) groups excluding carboxylic acids is 1.